The molecule has 0 N–H and O–H groups in total. The van der Waals surface area contributed by atoms with Gasteiger partial charge in [0.2, 0.25) is 0 Å². The van der Waals surface area contributed by atoms with Crippen molar-refractivity contribution in [3.63, 3.8) is 0 Å². The fraction of sp³-hybridized carbons (Fsp3) is 0.406. The van der Waals surface area contributed by atoms with Crippen molar-refractivity contribution >= 4 is 83.1 Å². The molecule has 90 heavy (non-hydrogen) atoms. The van der Waals surface area contributed by atoms with E-state index in [0.29, 0.717) is 13.2 Å². The zero-order chi connectivity index (χ0) is 67.5. The molecule has 486 valence electrons. The van der Waals surface area contributed by atoms with Gasteiger partial charge in [0.05, 0.1) is 106 Å². The number of benzene rings is 4. The molecular formula is C64H72N4O20Rh2. The van der Waals surface area contributed by atoms with Crippen molar-refractivity contribution in [3.8, 4) is 0 Å². The van der Waals surface area contributed by atoms with E-state index in [1.165, 1.54) is 62.4 Å². The van der Waals surface area contributed by atoms with E-state index in [2.05, 4.69) is 9.47 Å². The van der Waals surface area contributed by atoms with Crippen LogP contribution in [0.2, 0.25) is 0 Å². The van der Waals surface area contributed by atoms with Crippen LogP contribution < -0.4 is 20.4 Å². The zero-order valence-electron chi connectivity index (χ0n) is 52.6. The van der Waals surface area contributed by atoms with Crippen LogP contribution in [0.1, 0.15) is 194 Å². The quantitative estimate of drug-likeness (QED) is 0.125. The van der Waals surface area contributed by atoms with Crippen LogP contribution in [-0.4, -0.2) is 140 Å². The Bertz CT molecular complexity index is 2850. The molecular weight excluding hydrogens is 1350 g/mol. The summed E-state index contributed by atoms with van der Waals surface area (Å²) in [7, 11) is 0. The third-order valence-electron chi connectivity index (χ3n) is 13.2. The largest absolute Gasteiger partial charge is 2.00 e. The van der Waals surface area contributed by atoms with E-state index in [0.717, 1.165) is 19.6 Å². The van der Waals surface area contributed by atoms with Crippen LogP contribution in [0, 0.1) is 21.7 Å². The summed E-state index contributed by atoms with van der Waals surface area (Å²) in [4.78, 5) is 166. The van der Waals surface area contributed by atoms with E-state index in [4.69, 9.17) is 0 Å². The van der Waals surface area contributed by atoms with Gasteiger partial charge in [-0.25, -0.2) is 0 Å². The van der Waals surface area contributed by atoms with Gasteiger partial charge in [0.15, 0.2) is 0 Å². The monoisotopic (exact) mass is 1420 g/mol. The molecule has 4 aromatic rings. The summed E-state index contributed by atoms with van der Waals surface area (Å²) in [6.07, 6.45) is 0. The Morgan fingerprint density at radius 2 is 0.444 bits per heavy atom. The van der Waals surface area contributed by atoms with E-state index < -0.39 is 117 Å². The molecule has 0 aromatic heterocycles. The number of carbonyl (C=O) groups excluding carboxylic acids is 14. The maximum atomic E-state index is 12.2. The molecule has 4 aliphatic rings. The minimum atomic E-state index is -1.43. The van der Waals surface area contributed by atoms with Gasteiger partial charge in [-0.1, -0.05) is 132 Å². The number of amides is 8. The van der Waals surface area contributed by atoms with Crippen molar-refractivity contribution in [1.29, 1.82) is 0 Å². The number of esters is 2. The predicted molar refractivity (Wildman–Crippen MR) is 305 cm³/mol. The summed E-state index contributed by atoms with van der Waals surface area (Å²) < 4.78 is 8.81. The number of imide groups is 4. The number of hydrogen-bond donors (Lipinski definition) is 0. The van der Waals surface area contributed by atoms with Crippen LogP contribution in [0.25, 0.3) is 0 Å². The Morgan fingerprint density at radius 1 is 0.322 bits per heavy atom. The van der Waals surface area contributed by atoms with E-state index in [1.54, 1.807) is 145 Å². The number of nitrogens with zero attached hydrogens (tertiary/aromatic N) is 4. The number of carbonyl (C=O) groups is 14. The van der Waals surface area contributed by atoms with Gasteiger partial charge < -0.3 is 49.1 Å². The van der Waals surface area contributed by atoms with Crippen LogP contribution in [0.15, 0.2) is 97.1 Å². The molecule has 0 fully saturated rings. The predicted octanol–water partition coefficient (Wildman–Crippen LogP) is 2.92. The third-order valence-corrected chi connectivity index (χ3v) is 13.2. The summed E-state index contributed by atoms with van der Waals surface area (Å²) in [5, 5.41) is 45.3. The van der Waals surface area contributed by atoms with Gasteiger partial charge in [-0.2, -0.15) is 0 Å². The van der Waals surface area contributed by atoms with E-state index in [1.807, 2.05) is 0 Å². The molecule has 8 rings (SSSR count). The van der Waals surface area contributed by atoms with Crippen molar-refractivity contribution in [2.75, 3.05) is 13.2 Å². The molecule has 4 aliphatic heterocycles. The molecule has 4 heterocycles. The van der Waals surface area contributed by atoms with Crippen molar-refractivity contribution in [2.45, 2.75) is 135 Å². The Morgan fingerprint density at radius 3 is 0.511 bits per heavy atom. The van der Waals surface area contributed by atoms with Crippen LogP contribution in [0.3, 0.4) is 0 Å². The van der Waals surface area contributed by atoms with Crippen LogP contribution in [0.5, 0.6) is 0 Å². The molecule has 0 aliphatic carbocycles. The average Bonchev–Trinajstić information content (AvgIpc) is 4.22. The second-order valence-corrected chi connectivity index (χ2v) is 24.3. The van der Waals surface area contributed by atoms with Gasteiger partial charge >= 0.3 is 50.9 Å². The molecule has 4 atom stereocenters. The second kappa shape index (κ2) is 32.3. The zero-order valence-corrected chi connectivity index (χ0v) is 55.9. The molecule has 8 amide bonds. The number of hydrogen-bond acceptors (Lipinski definition) is 20. The standard InChI is InChI=1S/4C14H15NO4.2C4H8O2.2Rh/c4*1-14(2,3)10(13(18)19)15-11(16)8-6-4-5-7-9(8)12(15)17;2*1-3-6-4(2)5;;/h4*4-7,10H,1-3H3,(H,18,19);2*3H2,1-2H3;;/q;;;;;;2*+2/p-4. The average molecular weight is 1420 g/mol. The van der Waals surface area contributed by atoms with Gasteiger partial charge in [0.1, 0.15) is 0 Å². The number of aliphatic carboxylic acids is 4. The molecule has 2 radical (unpaired) electrons. The van der Waals surface area contributed by atoms with Crippen molar-refractivity contribution in [3.05, 3.63) is 142 Å². The van der Waals surface area contributed by atoms with Crippen LogP contribution in [0.4, 0.5) is 0 Å². The maximum Gasteiger partial charge on any atom is 2.00 e. The van der Waals surface area contributed by atoms with Crippen LogP contribution >= 0.6 is 0 Å². The fourth-order valence-corrected chi connectivity index (χ4v) is 9.56. The van der Waals surface area contributed by atoms with Crippen molar-refractivity contribution in [1.82, 2.24) is 19.6 Å². The van der Waals surface area contributed by atoms with Crippen molar-refractivity contribution in [2.24, 2.45) is 21.7 Å². The minimum absolute atomic E-state index is 0. The maximum absolute atomic E-state index is 12.2. The fourth-order valence-electron chi connectivity index (χ4n) is 9.56. The normalized spacial score (nSPS) is 14.9. The second-order valence-electron chi connectivity index (χ2n) is 24.3. The Balaban J connectivity index is 0.000000561. The van der Waals surface area contributed by atoms with E-state index in [9.17, 15) is 87.5 Å². The van der Waals surface area contributed by atoms with Gasteiger partial charge in [-0.05, 0) is 84.0 Å². The van der Waals surface area contributed by atoms with Gasteiger partial charge in [0.25, 0.3) is 47.3 Å². The first kappa shape index (κ1) is 79.5. The summed E-state index contributed by atoms with van der Waals surface area (Å²) >= 11 is 0. The summed E-state index contributed by atoms with van der Waals surface area (Å²) in [5.74, 6) is -10.8. The Labute approximate surface area is 547 Å². The third kappa shape index (κ3) is 18.8. The summed E-state index contributed by atoms with van der Waals surface area (Å²) in [6.45, 7) is 27.1. The molecule has 4 unspecified atom stereocenters. The number of ether oxygens (including phenoxy) is 2. The Hall–Kier alpha value is -8.49. The minimum Gasteiger partial charge on any atom is -0.548 e. The molecule has 0 saturated heterocycles. The SMILES string of the molecule is CC(C)(C)C(C(=O)[O-])N1C(=O)c2ccccc2C1=O.CC(C)(C)C(C(=O)[O-])N1C(=O)c2ccccc2C1=O.CC(C)(C)C(C(=O)[O-])N1C(=O)c2ccccc2C1=O.CC(C)(C)C(C(=O)[O-])N1C(=O)c2ccccc2C1=O.CCOC(C)=O.CCOC(C)=O.[Rh+2].[Rh+2]. The van der Waals surface area contributed by atoms with E-state index in [-0.39, 0.29) is 95.4 Å². The number of fused-ring (bicyclic) bond motifs is 4. The van der Waals surface area contributed by atoms with Crippen LogP contribution in [-0.2, 0) is 77.2 Å². The molecule has 0 bridgehead atoms. The molecule has 0 spiro atoms. The number of carboxylic acid groups (broad SMARTS) is 4. The first-order valence-corrected chi connectivity index (χ1v) is 27.5. The first-order valence-electron chi connectivity index (χ1n) is 27.5. The number of carboxylic acids is 4. The van der Waals surface area contributed by atoms with Gasteiger partial charge in [0, 0.05) is 13.8 Å². The topological polar surface area (TPSA) is 363 Å². The summed E-state index contributed by atoms with van der Waals surface area (Å²) in [6, 6.07) is 20.1. The molecule has 4 aromatic carbocycles. The van der Waals surface area contributed by atoms with Crippen molar-refractivity contribution < 1.29 is 136 Å². The van der Waals surface area contributed by atoms with E-state index >= 15 is 0 Å². The first-order chi connectivity index (χ1) is 40.5. The molecule has 24 nitrogen and oxygen atoms in total. The summed E-state index contributed by atoms with van der Waals surface area (Å²) in [5.41, 5.74) is -1.29. The molecule has 26 heteroatoms. The van der Waals surface area contributed by atoms with Gasteiger partial charge in [-0.3, -0.25) is 67.5 Å². The Kier molecular flexibility index (Phi) is 28.5. The smallest absolute Gasteiger partial charge is 0.548 e. The van der Waals surface area contributed by atoms with Gasteiger partial charge in [-0.15, -0.1) is 0 Å². The molecule has 0 saturated carbocycles. The number of rotatable bonds is 10.